The summed E-state index contributed by atoms with van der Waals surface area (Å²) >= 11 is 0. The van der Waals surface area contributed by atoms with Crippen LogP contribution in [0.1, 0.15) is 28.9 Å². The zero-order valence-corrected chi connectivity index (χ0v) is 14.8. The largest absolute Gasteiger partial charge is 0.454 e. The summed E-state index contributed by atoms with van der Waals surface area (Å²) < 4.78 is 23.6. The van der Waals surface area contributed by atoms with Crippen LogP contribution in [0.3, 0.4) is 0 Å². The van der Waals surface area contributed by atoms with Gasteiger partial charge in [0.2, 0.25) is 0 Å². The highest BCUT2D eigenvalue weighted by Gasteiger charge is 2.24. The Labute approximate surface area is 155 Å². The molecule has 0 unspecified atom stereocenters. The summed E-state index contributed by atoms with van der Waals surface area (Å²) in [5.41, 5.74) is 1.02. The lowest BCUT2D eigenvalue weighted by Crippen LogP contribution is -2.36. The molecule has 0 aliphatic carbocycles. The lowest BCUT2D eigenvalue weighted by atomic mass is 10.1. The van der Waals surface area contributed by atoms with Gasteiger partial charge < -0.3 is 14.4 Å². The van der Waals surface area contributed by atoms with Crippen LogP contribution in [0.5, 0.6) is 0 Å². The molecule has 27 heavy (non-hydrogen) atoms. The van der Waals surface area contributed by atoms with Gasteiger partial charge in [0.15, 0.2) is 0 Å². The predicted octanol–water partition coefficient (Wildman–Crippen LogP) is 3.49. The Kier molecular flexibility index (Phi) is 5.66. The van der Waals surface area contributed by atoms with Crippen LogP contribution in [0.4, 0.5) is 15.8 Å². The minimum Gasteiger partial charge on any atom is -0.454 e. The molecule has 1 heterocycles. The van der Waals surface area contributed by atoms with Crippen LogP contribution < -0.4 is 4.90 Å². The Balaban J connectivity index is 1.79. The maximum atomic E-state index is 13.0. The Morgan fingerprint density at radius 3 is 2.52 bits per heavy atom. The summed E-state index contributed by atoms with van der Waals surface area (Å²) in [5, 5.41) is 11.5. The Hall–Kier alpha value is -3.00. The van der Waals surface area contributed by atoms with E-state index in [1.807, 2.05) is 4.90 Å². The molecular weight excluding hydrogens is 355 g/mol. The van der Waals surface area contributed by atoms with Crippen molar-refractivity contribution in [2.24, 2.45) is 0 Å². The van der Waals surface area contributed by atoms with E-state index in [0.717, 1.165) is 0 Å². The first-order valence-electron chi connectivity index (χ1n) is 8.53. The van der Waals surface area contributed by atoms with Crippen molar-refractivity contribution in [2.45, 2.75) is 13.0 Å². The van der Waals surface area contributed by atoms with Gasteiger partial charge >= 0.3 is 5.97 Å². The van der Waals surface area contributed by atoms with Crippen LogP contribution >= 0.6 is 0 Å². The second-order valence-electron chi connectivity index (χ2n) is 6.16. The van der Waals surface area contributed by atoms with E-state index in [4.69, 9.17) is 9.47 Å². The van der Waals surface area contributed by atoms with Crippen molar-refractivity contribution in [2.75, 3.05) is 31.2 Å². The standard InChI is InChI=1S/C19H19FN2O5/c1-13(14-2-5-16(20)6-3-14)27-19(23)15-4-7-17(18(12-15)22(24)25)21-8-10-26-11-9-21/h2-7,12-13H,8-11H2,1H3/t13-/m0/s1. The van der Waals surface area contributed by atoms with E-state index in [0.29, 0.717) is 37.6 Å². The number of benzene rings is 2. The molecule has 0 radical (unpaired) electrons. The van der Waals surface area contributed by atoms with Crippen molar-refractivity contribution in [1.29, 1.82) is 0 Å². The first-order valence-corrected chi connectivity index (χ1v) is 8.53. The summed E-state index contributed by atoms with van der Waals surface area (Å²) in [5.74, 6) is -1.06. The van der Waals surface area contributed by atoms with E-state index in [-0.39, 0.29) is 17.1 Å². The van der Waals surface area contributed by atoms with Crippen LogP contribution in [-0.4, -0.2) is 37.2 Å². The molecule has 2 aromatic carbocycles. The number of nitro benzene ring substituents is 1. The van der Waals surface area contributed by atoms with Gasteiger partial charge in [-0.25, -0.2) is 9.18 Å². The number of rotatable bonds is 5. The summed E-state index contributed by atoms with van der Waals surface area (Å²) in [6.07, 6.45) is -0.615. The molecule has 0 spiro atoms. The second-order valence-corrected chi connectivity index (χ2v) is 6.16. The molecule has 0 aromatic heterocycles. The summed E-state index contributed by atoms with van der Waals surface area (Å²) in [6.45, 7) is 3.74. The Morgan fingerprint density at radius 2 is 1.89 bits per heavy atom. The molecule has 3 rings (SSSR count). The lowest BCUT2D eigenvalue weighted by Gasteiger charge is -2.28. The van der Waals surface area contributed by atoms with Gasteiger partial charge in [-0.15, -0.1) is 0 Å². The number of esters is 1. The normalized spacial score (nSPS) is 15.3. The Morgan fingerprint density at radius 1 is 1.22 bits per heavy atom. The molecule has 1 saturated heterocycles. The van der Waals surface area contributed by atoms with Gasteiger partial charge in [-0.05, 0) is 36.8 Å². The third-order valence-electron chi connectivity index (χ3n) is 4.38. The van der Waals surface area contributed by atoms with Crippen LogP contribution in [0.2, 0.25) is 0 Å². The average molecular weight is 374 g/mol. The van der Waals surface area contributed by atoms with E-state index in [1.54, 1.807) is 13.0 Å². The third kappa shape index (κ3) is 4.40. The van der Waals surface area contributed by atoms with Gasteiger partial charge in [0.25, 0.3) is 5.69 Å². The minimum absolute atomic E-state index is 0.0904. The summed E-state index contributed by atoms with van der Waals surface area (Å²) in [7, 11) is 0. The third-order valence-corrected chi connectivity index (χ3v) is 4.38. The van der Waals surface area contributed by atoms with Crippen LogP contribution in [0.25, 0.3) is 0 Å². The van der Waals surface area contributed by atoms with Crippen LogP contribution in [0.15, 0.2) is 42.5 Å². The number of nitrogens with zero attached hydrogens (tertiary/aromatic N) is 2. The highest BCUT2D eigenvalue weighted by Crippen LogP contribution is 2.30. The van der Waals surface area contributed by atoms with Gasteiger partial charge in [0, 0.05) is 19.2 Å². The molecule has 1 fully saturated rings. The topological polar surface area (TPSA) is 81.9 Å². The van der Waals surface area contributed by atoms with Crippen LogP contribution in [-0.2, 0) is 9.47 Å². The molecule has 0 amide bonds. The molecule has 2 aromatic rings. The molecule has 8 heteroatoms. The monoisotopic (exact) mass is 374 g/mol. The predicted molar refractivity (Wildman–Crippen MR) is 96.4 cm³/mol. The Bertz CT molecular complexity index is 834. The first kappa shape index (κ1) is 18.8. The zero-order valence-electron chi connectivity index (χ0n) is 14.8. The highest BCUT2D eigenvalue weighted by atomic mass is 19.1. The van der Waals surface area contributed by atoms with Crippen molar-refractivity contribution in [3.8, 4) is 0 Å². The fourth-order valence-electron chi connectivity index (χ4n) is 2.90. The van der Waals surface area contributed by atoms with Crippen molar-refractivity contribution in [3.63, 3.8) is 0 Å². The molecule has 0 N–H and O–H groups in total. The van der Waals surface area contributed by atoms with Crippen molar-refractivity contribution in [1.82, 2.24) is 0 Å². The van der Waals surface area contributed by atoms with Crippen molar-refractivity contribution in [3.05, 3.63) is 69.5 Å². The number of hydrogen-bond donors (Lipinski definition) is 0. The minimum atomic E-state index is -0.677. The molecule has 1 aliphatic heterocycles. The number of anilines is 1. The molecule has 1 atom stereocenters. The molecule has 7 nitrogen and oxygen atoms in total. The zero-order chi connectivity index (χ0) is 19.4. The van der Waals surface area contributed by atoms with Gasteiger partial charge in [-0.1, -0.05) is 12.1 Å². The fraction of sp³-hybridized carbons (Fsp3) is 0.316. The van der Waals surface area contributed by atoms with Gasteiger partial charge in [-0.3, -0.25) is 10.1 Å². The maximum Gasteiger partial charge on any atom is 0.338 e. The summed E-state index contributed by atoms with van der Waals surface area (Å²) in [6, 6.07) is 9.91. The smallest absolute Gasteiger partial charge is 0.338 e. The van der Waals surface area contributed by atoms with E-state index in [1.165, 1.54) is 36.4 Å². The number of hydrogen-bond acceptors (Lipinski definition) is 6. The van der Waals surface area contributed by atoms with E-state index in [2.05, 4.69) is 0 Å². The first-order chi connectivity index (χ1) is 13.0. The number of carbonyl (C=O) groups excluding carboxylic acids is 1. The number of carbonyl (C=O) groups is 1. The number of ether oxygens (including phenoxy) is 2. The summed E-state index contributed by atoms with van der Waals surface area (Å²) in [4.78, 5) is 25.2. The van der Waals surface area contributed by atoms with Gasteiger partial charge in [-0.2, -0.15) is 0 Å². The van der Waals surface area contributed by atoms with Gasteiger partial charge in [0.1, 0.15) is 17.6 Å². The molecule has 0 bridgehead atoms. The molecular formula is C19H19FN2O5. The highest BCUT2D eigenvalue weighted by molar-refractivity contribution is 5.91. The van der Waals surface area contributed by atoms with E-state index < -0.39 is 17.0 Å². The van der Waals surface area contributed by atoms with Crippen molar-refractivity contribution >= 4 is 17.3 Å². The number of morpholine rings is 1. The number of halogens is 1. The quantitative estimate of drug-likeness (QED) is 0.453. The fourth-order valence-corrected chi connectivity index (χ4v) is 2.90. The number of nitro groups is 1. The van der Waals surface area contributed by atoms with Crippen LogP contribution in [0, 0.1) is 15.9 Å². The second kappa shape index (κ2) is 8.13. The lowest BCUT2D eigenvalue weighted by molar-refractivity contribution is -0.384. The van der Waals surface area contributed by atoms with Gasteiger partial charge in [0.05, 0.1) is 23.7 Å². The maximum absolute atomic E-state index is 13.0. The van der Waals surface area contributed by atoms with E-state index >= 15 is 0 Å². The average Bonchev–Trinajstić information content (AvgIpc) is 2.68. The molecule has 1 aliphatic rings. The van der Waals surface area contributed by atoms with Crippen molar-refractivity contribution < 1.29 is 23.6 Å². The van der Waals surface area contributed by atoms with E-state index in [9.17, 15) is 19.3 Å². The molecule has 142 valence electrons. The SMILES string of the molecule is C[C@H](OC(=O)c1ccc(N2CCOCC2)c([N+](=O)[O-])c1)c1ccc(F)cc1. The molecule has 0 saturated carbocycles.